The van der Waals surface area contributed by atoms with E-state index < -0.39 is 17.9 Å². The molecule has 1 aliphatic rings. The van der Waals surface area contributed by atoms with Crippen LogP contribution in [0.1, 0.15) is 35.5 Å². The lowest BCUT2D eigenvalue weighted by Crippen LogP contribution is -2.47. The van der Waals surface area contributed by atoms with Crippen molar-refractivity contribution < 1.29 is 19.2 Å². The van der Waals surface area contributed by atoms with E-state index in [2.05, 4.69) is 5.16 Å². The van der Waals surface area contributed by atoms with Crippen LogP contribution < -0.4 is 0 Å². The van der Waals surface area contributed by atoms with Gasteiger partial charge < -0.3 is 14.5 Å². The lowest BCUT2D eigenvalue weighted by atomic mass is 10.0. The molecule has 1 aromatic heterocycles. The third kappa shape index (κ3) is 2.30. The van der Waals surface area contributed by atoms with Gasteiger partial charge in [0.1, 0.15) is 6.04 Å². The summed E-state index contributed by atoms with van der Waals surface area (Å²) in [5.74, 6) is -1.25. The molecule has 2 rings (SSSR count). The number of nitrogens with zero attached hydrogens (tertiary/aromatic N) is 2. The molecule has 6 nitrogen and oxygen atoms in total. The third-order valence-electron chi connectivity index (χ3n) is 2.89. The van der Waals surface area contributed by atoms with Crippen LogP contribution in [0.4, 0.5) is 0 Å². The van der Waals surface area contributed by atoms with E-state index in [0.717, 1.165) is 12.8 Å². The van der Waals surface area contributed by atoms with E-state index in [0.29, 0.717) is 18.7 Å². The van der Waals surface area contributed by atoms with E-state index in [1.165, 1.54) is 11.0 Å². The maximum Gasteiger partial charge on any atom is 0.326 e. The first-order chi connectivity index (χ1) is 8.09. The number of likely N-dealkylation sites (tertiary alicyclic amines) is 1. The second-order valence-corrected chi connectivity index (χ2v) is 4.18. The summed E-state index contributed by atoms with van der Waals surface area (Å²) in [5.41, 5.74) is 0.609. The molecule has 0 spiro atoms. The number of amides is 1. The first kappa shape index (κ1) is 11.6. The number of carboxylic acid groups (broad SMARTS) is 1. The van der Waals surface area contributed by atoms with E-state index in [9.17, 15) is 9.59 Å². The Morgan fingerprint density at radius 1 is 1.53 bits per heavy atom. The van der Waals surface area contributed by atoms with E-state index in [1.807, 2.05) is 0 Å². The maximum absolute atomic E-state index is 12.1. The van der Waals surface area contributed by atoms with Crippen LogP contribution in [-0.2, 0) is 4.79 Å². The van der Waals surface area contributed by atoms with Crippen molar-refractivity contribution >= 4 is 11.9 Å². The number of aliphatic carboxylic acids is 1. The molecule has 1 amide bonds. The second-order valence-electron chi connectivity index (χ2n) is 4.18. The third-order valence-corrected chi connectivity index (χ3v) is 2.89. The number of aryl methyl sites for hydroxylation is 1. The summed E-state index contributed by atoms with van der Waals surface area (Å²) in [6, 6.07) is 0.775. The van der Waals surface area contributed by atoms with Crippen LogP contribution in [0.25, 0.3) is 0 Å². The standard InChI is InChI=1S/C11H14N2O4/c1-7-6-9(17-12-7)10(14)13-5-3-2-4-8(13)11(15)16/h6,8H,2-5H2,1H3,(H,15,16). The topological polar surface area (TPSA) is 83.6 Å². The summed E-state index contributed by atoms with van der Waals surface area (Å²) in [5, 5.41) is 12.7. The summed E-state index contributed by atoms with van der Waals surface area (Å²) in [6.07, 6.45) is 2.15. The Bertz CT molecular complexity index is 440. The molecule has 0 saturated carbocycles. The molecular formula is C11H14N2O4. The Morgan fingerprint density at radius 2 is 2.29 bits per heavy atom. The smallest absolute Gasteiger partial charge is 0.326 e. The molecule has 1 atom stereocenters. The molecule has 1 unspecified atom stereocenters. The van der Waals surface area contributed by atoms with Gasteiger partial charge in [-0.15, -0.1) is 0 Å². The van der Waals surface area contributed by atoms with Gasteiger partial charge in [-0.3, -0.25) is 4.79 Å². The van der Waals surface area contributed by atoms with Gasteiger partial charge in [-0.2, -0.15) is 0 Å². The van der Waals surface area contributed by atoms with Gasteiger partial charge in [0.15, 0.2) is 0 Å². The first-order valence-electron chi connectivity index (χ1n) is 5.56. The zero-order valence-electron chi connectivity index (χ0n) is 9.55. The highest BCUT2D eigenvalue weighted by atomic mass is 16.5. The van der Waals surface area contributed by atoms with Crippen molar-refractivity contribution in [1.82, 2.24) is 10.1 Å². The Labute approximate surface area is 98.2 Å². The van der Waals surface area contributed by atoms with Crippen molar-refractivity contribution in [3.05, 3.63) is 17.5 Å². The van der Waals surface area contributed by atoms with Gasteiger partial charge in [-0.1, -0.05) is 5.16 Å². The van der Waals surface area contributed by atoms with E-state index >= 15 is 0 Å². The minimum atomic E-state index is -0.964. The maximum atomic E-state index is 12.1. The number of hydrogen-bond donors (Lipinski definition) is 1. The SMILES string of the molecule is Cc1cc(C(=O)N2CCCCC2C(=O)O)on1. The zero-order valence-corrected chi connectivity index (χ0v) is 9.55. The molecule has 1 N–H and O–H groups in total. The summed E-state index contributed by atoms with van der Waals surface area (Å²) in [6.45, 7) is 2.17. The predicted molar refractivity (Wildman–Crippen MR) is 57.6 cm³/mol. The van der Waals surface area contributed by atoms with Gasteiger partial charge in [0, 0.05) is 12.6 Å². The quantitative estimate of drug-likeness (QED) is 0.832. The zero-order chi connectivity index (χ0) is 12.4. The molecule has 0 bridgehead atoms. The predicted octanol–water partition coefficient (Wildman–Crippen LogP) is 1.06. The summed E-state index contributed by atoms with van der Waals surface area (Å²) >= 11 is 0. The summed E-state index contributed by atoms with van der Waals surface area (Å²) in [7, 11) is 0. The van der Waals surface area contributed by atoms with Crippen LogP contribution in [0.3, 0.4) is 0 Å². The fourth-order valence-electron chi connectivity index (χ4n) is 2.04. The van der Waals surface area contributed by atoms with Crippen molar-refractivity contribution in [2.24, 2.45) is 0 Å². The summed E-state index contributed by atoms with van der Waals surface area (Å²) in [4.78, 5) is 24.5. The highest BCUT2D eigenvalue weighted by molar-refractivity contribution is 5.94. The molecule has 6 heteroatoms. The molecule has 1 saturated heterocycles. The molecular weight excluding hydrogens is 224 g/mol. The lowest BCUT2D eigenvalue weighted by Gasteiger charge is -2.31. The Hall–Kier alpha value is -1.85. The van der Waals surface area contributed by atoms with Gasteiger partial charge in [0.2, 0.25) is 5.76 Å². The number of carbonyl (C=O) groups is 2. The van der Waals surface area contributed by atoms with Crippen molar-refractivity contribution in [2.45, 2.75) is 32.2 Å². The number of carbonyl (C=O) groups excluding carboxylic acids is 1. The van der Waals surface area contributed by atoms with Crippen molar-refractivity contribution in [2.75, 3.05) is 6.54 Å². The largest absolute Gasteiger partial charge is 0.480 e. The highest BCUT2D eigenvalue weighted by Crippen LogP contribution is 2.20. The Balaban J connectivity index is 2.19. The molecule has 1 aromatic rings. The van der Waals surface area contributed by atoms with Crippen molar-refractivity contribution in [1.29, 1.82) is 0 Å². The average Bonchev–Trinajstić information content (AvgIpc) is 2.75. The van der Waals surface area contributed by atoms with Crippen LogP contribution in [-0.4, -0.2) is 39.6 Å². The van der Waals surface area contributed by atoms with E-state index in [4.69, 9.17) is 9.63 Å². The van der Waals surface area contributed by atoms with Crippen molar-refractivity contribution in [3.8, 4) is 0 Å². The van der Waals surface area contributed by atoms with Crippen LogP contribution in [0.5, 0.6) is 0 Å². The molecule has 0 aliphatic carbocycles. The molecule has 17 heavy (non-hydrogen) atoms. The van der Waals surface area contributed by atoms with E-state index in [-0.39, 0.29) is 5.76 Å². The van der Waals surface area contributed by atoms with Crippen LogP contribution in [0.2, 0.25) is 0 Å². The minimum Gasteiger partial charge on any atom is -0.480 e. The second kappa shape index (κ2) is 4.57. The molecule has 0 aromatic carbocycles. The lowest BCUT2D eigenvalue weighted by molar-refractivity contribution is -0.143. The van der Waals surface area contributed by atoms with Gasteiger partial charge in [0.25, 0.3) is 5.91 Å². The number of rotatable bonds is 2. The van der Waals surface area contributed by atoms with Gasteiger partial charge in [0.05, 0.1) is 5.69 Å². The van der Waals surface area contributed by atoms with Crippen LogP contribution in [0.15, 0.2) is 10.6 Å². The van der Waals surface area contributed by atoms with Crippen LogP contribution >= 0.6 is 0 Å². The van der Waals surface area contributed by atoms with Gasteiger partial charge in [-0.25, -0.2) is 4.79 Å². The first-order valence-corrected chi connectivity index (χ1v) is 5.56. The fourth-order valence-corrected chi connectivity index (χ4v) is 2.04. The highest BCUT2D eigenvalue weighted by Gasteiger charge is 2.33. The van der Waals surface area contributed by atoms with Gasteiger partial charge in [-0.05, 0) is 26.2 Å². The minimum absolute atomic E-state index is 0.107. The molecule has 1 aliphatic heterocycles. The number of hydrogen-bond acceptors (Lipinski definition) is 4. The number of carboxylic acids is 1. The normalized spacial score (nSPS) is 20.3. The number of piperidine rings is 1. The summed E-state index contributed by atoms with van der Waals surface area (Å²) < 4.78 is 4.87. The van der Waals surface area contributed by atoms with Gasteiger partial charge >= 0.3 is 5.97 Å². The Kier molecular flexibility index (Phi) is 3.12. The molecule has 0 radical (unpaired) electrons. The molecule has 2 heterocycles. The molecule has 92 valence electrons. The van der Waals surface area contributed by atoms with E-state index in [1.54, 1.807) is 6.92 Å². The monoisotopic (exact) mass is 238 g/mol. The van der Waals surface area contributed by atoms with Crippen LogP contribution in [0, 0.1) is 6.92 Å². The fraction of sp³-hybridized carbons (Fsp3) is 0.545. The van der Waals surface area contributed by atoms with Crippen molar-refractivity contribution in [3.63, 3.8) is 0 Å². The average molecular weight is 238 g/mol. The molecule has 1 fully saturated rings. The number of aromatic nitrogens is 1. The Morgan fingerprint density at radius 3 is 2.88 bits per heavy atom.